The van der Waals surface area contributed by atoms with E-state index < -0.39 is 0 Å². The van der Waals surface area contributed by atoms with Gasteiger partial charge in [0.1, 0.15) is 6.33 Å². The summed E-state index contributed by atoms with van der Waals surface area (Å²) >= 11 is 0. The van der Waals surface area contributed by atoms with Gasteiger partial charge in [-0.25, -0.2) is 9.97 Å². The van der Waals surface area contributed by atoms with Crippen LogP contribution < -0.4 is 15.2 Å². The van der Waals surface area contributed by atoms with Crippen LogP contribution in [-0.4, -0.2) is 54.1 Å². The van der Waals surface area contributed by atoms with Gasteiger partial charge < -0.3 is 20.1 Å². The molecule has 0 aliphatic carbocycles. The third-order valence-electron chi connectivity index (χ3n) is 3.95. The number of carbonyl (C=O) groups excluding carboxylic acids is 1. The highest BCUT2D eigenvalue weighted by atomic mass is 35.5. The minimum absolute atomic E-state index is 0. The number of carbonyl (C=O) groups is 1. The molecule has 2 N–H and O–H groups in total. The molecule has 0 radical (unpaired) electrons. The molecule has 1 atom stereocenters. The first-order valence-electron chi connectivity index (χ1n) is 7.06. The molecule has 1 unspecified atom stereocenters. The van der Waals surface area contributed by atoms with Crippen LogP contribution in [-0.2, 0) is 0 Å². The highest BCUT2D eigenvalue weighted by molar-refractivity contribution is 5.98. The summed E-state index contributed by atoms with van der Waals surface area (Å²) in [5.74, 6) is 0.777. The van der Waals surface area contributed by atoms with E-state index >= 15 is 0 Å². The van der Waals surface area contributed by atoms with Crippen molar-refractivity contribution in [1.82, 2.24) is 14.9 Å². The van der Waals surface area contributed by atoms with Crippen LogP contribution in [0.2, 0.25) is 0 Å². The third kappa shape index (κ3) is 3.78. The standard InChI is InChI=1S/C14H22N4O3.ClH/c1-9(15)10-4-6-18(7-5-10)14(19)11-12(20-2)16-8-17-13(11)21-3;/h8-10H,4-7,15H2,1-3H3;1H. The van der Waals surface area contributed by atoms with Crippen molar-refractivity contribution in [2.24, 2.45) is 11.7 Å². The molecule has 1 fully saturated rings. The quantitative estimate of drug-likeness (QED) is 0.889. The molecule has 1 amide bonds. The van der Waals surface area contributed by atoms with Crippen LogP contribution in [0, 0.1) is 5.92 Å². The number of piperidine rings is 1. The number of amides is 1. The maximum Gasteiger partial charge on any atom is 0.264 e. The van der Waals surface area contributed by atoms with Gasteiger partial charge in [0, 0.05) is 19.1 Å². The van der Waals surface area contributed by atoms with Crippen LogP contribution in [0.4, 0.5) is 0 Å². The number of nitrogens with two attached hydrogens (primary N) is 1. The van der Waals surface area contributed by atoms with Gasteiger partial charge in [-0.2, -0.15) is 0 Å². The lowest BCUT2D eigenvalue weighted by Gasteiger charge is -2.33. The van der Waals surface area contributed by atoms with Crippen LogP contribution >= 0.6 is 12.4 Å². The molecule has 7 nitrogen and oxygen atoms in total. The summed E-state index contributed by atoms with van der Waals surface area (Å²) in [5.41, 5.74) is 6.21. The Kier molecular flexibility index (Phi) is 6.83. The molecule has 1 aromatic rings. The zero-order valence-electron chi connectivity index (χ0n) is 13.1. The first kappa shape index (κ1) is 18.4. The Morgan fingerprint density at radius 1 is 1.27 bits per heavy atom. The summed E-state index contributed by atoms with van der Waals surface area (Å²) < 4.78 is 10.3. The molecule has 1 aromatic heterocycles. The zero-order chi connectivity index (χ0) is 15.4. The van der Waals surface area contributed by atoms with Crippen LogP contribution in [0.3, 0.4) is 0 Å². The number of halogens is 1. The predicted molar refractivity (Wildman–Crippen MR) is 84.7 cm³/mol. The molecule has 124 valence electrons. The summed E-state index contributed by atoms with van der Waals surface area (Å²) in [6, 6.07) is 0.159. The Morgan fingerprint density at radius 3 is 2.18 bits per heavy atom. The SMILES string of the molecule is COc1ncnc(OC)c1C(=O)N1CCC(C(C)N)CC1.Cl. The Morgan fingerprint density at radius 2 is 1.77 bits per heavy atom. The lowest BCUT2D eigenvalue weighted by atomic mass is 9.91. The molecule has 0 spiro atoms. The number of aromatic nitrogens is 2. The van der Waals surface area contributed by atoms with Crippen molar-refractivity contribution >= 4 is 18.3 Å². The molecule has 2 heterocycles. The molecule has 1 saturated heterocycles. The smallest absolute Gasteiger partial charge is 0.264 e. The third-order valence-corrected chi connectivity index (χ3v) is 3.95. The van der Waals surface area contributed by atoms with Gasteiger partial charge in [-0.3, -0.25) is 4.79 Å². The lowest BCUT2D eigenvalue weighted by molar-refractivity contribution is 0.0672. The van der Waals surface area contributed by atoms with Crippen molar-refractivity contribution in [3.8, 4) is 11.8 Å². The van der Waals surface area contributed by atoms with Gasteiger partial charge in [0.05, 0.1) is 14.2 Å². The molecule has 0 aromatic carbocycles. The zero-order valence-corrected chi connectivity index (χ0v) is 13.9. The topological polar surface area (TPSA) is 90.6 Å². The van der Waals surface area contributed by atoms with E-state index in [9.17, 15) is 4.79 Å². The number of nitrogens with zero attached hydrogens (tertiary/aromatic N) is 3. The van der Waals surface area contributed by atoms with Crippen LogP contribution in [0.25, 0.3) is 0 Å². The fourth-order valence-electron chi connectivity index (χ4n) is 2.63. The van der Waals surface area contributed by atoms with E-state index in [1.54, 1.807) is 4.90 Å². The number of likely N-dealkylation sites (tertiary alicyclic amines) is 1. The number of ether oxygens (including phenoxy) is 2. The fraction of sp³-hybridized carbons (Fsp3) is 0.643. The normalized spacial score (nSPS) is 16.6. The van der Waals surface area contributed by atoms with Crippen molar-refractivity contribution in [3.05, 3.63) is 11.9 Å². The van der Waals surface area contributed by atoms with Crippen molar-refractivity contribution in [1.29, 1.82) is 0 Å². The molecule has 0 saturated carbocycles. The van der Waals surface area contributed by atoms with Gasteiger partial charge in [0.15, 0.2) is 5.56 Å². The summed E-state index contributed by atoms with van der Waals surface area (Å²) in [7, 11) is 2.95. The largest absolute Gasteiger partial charge is 0.480 e. The van der Waals surface area contributed by atoms with E-state index in [4.69, 9.17) is 15.2 Å². The Bertz CT molecular complexity index is 483. The average Bonchev–Trinajstić information content (AvgIpc) is 2.53. The van der Waals surface area contributed by atoms with Crippen molar-refractivity contribution in [3.63, 3.8) is 0 Å². The van der Waals surface area contributed by atoms with Gasteiger partial charge in [-0.15, -0.1) is 12.4 Å². The highest BCUT2D eigenvalue weighted by Crippen LogP contribution is 2.27. The molecular weight excluding hydrogens is 308 g/mol. The number of rotatable bonds is 4. The van der Waals surface area contributed by atoms with Gasteiger partial charge >= 0.3 is 0 Å². The molecule has 1 aliphatic heterocycles. The molecule has 0 bridgehead atoms. The fourth-order valence-corrected chi connectivity index (χ4v) is 2.63. The number of hydrogen-bond donors (Lipinski definition) is 1. The molecule has 2 rings (SSSR count). The summed E-state index contributed by atoms with van der Waals surface area (Å²) in [6.07, 6.45) is 3.13. The Hall–Kier alpha value is -1.60. The summed E-state index contributed by atoms with van der Waals surface area (Å²) in [6.45, 7) is 3.36. The van der Waals surface area contributed by atoms with E-state index in [-0.39, 0.29) is 41.7 Å². The summed E-state index contributed by atoms with van der Waals surface area (Å²) in [5, 5.41) is 0. The van der Waals surface area contributed by atoms with Gasteiger partial charge in [-0.1, -0.05) is 0 Å². The van der Waals surface area contributed by atoms with Gasteiger partial charge in [0.25, 0.3) is 5.91 Å². The second kappa shape index (κ2) is 8.14. The molecule has 1 aliphatic rings. The molecule has 22 heavy (non-hydrogen) atoms. The van der Waals surface area contributed by atoms with Crippen molar-refractivity contribution in [2.45, 2.75) is 25.8 Å². The second-order valence-corrected chi connectivity index (χ2v) is 5.26. The van der Waals surface area contributed by atoms with Crippen molar-refractivity contribution in [2.75, 3.05) is 27.3 Å². The maximum absolute atomic E-state index is 12.7. The van der Waals surface area contributed by atoms with Crippen LogP contribution in [0.5, 0.6) is 11.8 Å². The van der Waals surface area contributed by atoms with Crippen LogP contribution in [0.1, 0.15) is 30.1 Å². The van der Waals surface area contributed by atoms with E-state index in [1.807, 2.05) is 6.92 Å². The van der Waals surface area contributed by atoms with E-state index in [1.165, 1.54) is 20.5 Å². The maximum atomic E-state index is 12.7. The minimum Gasteiger partial charge on any atom is -0.480 e. The van der Waals surface area contributed by atoms with Gasteiger partial charge in [0.2, 0.25) is 11.8 Å². The Labute approximate surface area is 136 Å². The number of methoxy groups -OCH3 is 2. The first-order valence-corrected chi connectivity index (χ1v) is 7.06. The van der Waals surface area contributed by atoms with Gasteiger partial charge in [-0.05, 0) is 25.7 Å². The van der Waals surface area contributed by atoms with E-state index in [2.05, 4.69) is 9.97 Å². The number of hydrogen-bond acceptors (Lipinski definition) is 6. The molecule has 8 heteroatoms. The average molecular weight is 331 g/mol. The highest BCUT2D eigenvalue weighted by Gasteiger charge is 2.30. The molecular formula is C14H23ClN4O3. The van der Waals surface area contributed by atoms with Crippen LogP contribution in [0.15, 0.2) is 6.33 Å². The second-order valence-electron chi connectivity index (χ2n) is 5.26. The van der Waals surface area contributed by atoms with Crippen molar-refractivity contribution < 1.29 is 14.3 Å². The first-order chi connectivity index (χ1) is 10.1. The van der Waals surface area contributed by atoms with E-state index in [0.717, 1.165) is 12.8 Å². The Balaban J connectivity index is 0.00000242. The van der Waals surface area contributed by atoms with E-state index in [0.29, 0.717) is 19.0 Å². The summed E-state index contributed by atoms with van der Waals surface area (Å²) in [4.78, 5) is 22.4. The predicted octanol–water partition coefficient (Wildman–Crippen LogP) is 1.11. The minimum atomic E-state index is -0.160. The lowest BCUT2D eigenvalue weighted by Crippen LogP contribution is -2.42. The monoisotopic (exact) mass is 330 g/mol.